The predicted molar refractivity (Wildman–Crippen MR) is 59.7 cm³/mol. The van der Waals surface area contributed by atoms with Crippen molar-refractivity contribution in [2.24, 2.45) is 0 Å². The number of likely N-dealkylation sites (N-methyl/N-ethyl adjacent to an activating group) is 1. The first kappa shape index (κ1) is 11.4. The van der Waals surface area contributed by atoms with E-state index >= 15 is 0 Å². The molecule has 2 aliphatic rings. The highest BCUT2D eigenvalue weighted by Gasteiger charge is 2.36. The fourth-order valence-electron chi connectivity index (χ4n) is 3.21. The molecular formula is C12H23NO2. The van der Waals surface area contributed by atoms with E-state index in [9.17, 15) is 10.2 Å². The molecule has 88 valence electrons. The average molecular weight is 213 g/mol. The molecule has 2 saturated carbocycles. The van der Waals surface area contributed by atoms with E-state index in [2.05, 4.69) is 4.90 Å². The zero-order chi connectivity index (χ0) is 10.9. The van der Waals surface area contributed by atoms with E-state index in [-0.39, 0.29) is 12.1 Å². The lowest BCUT2D eigenvalue weighted by atomic mass is 10.0. The van der Waals surface area contributed by atoms with Crippen molar-refractivity contribution < 1.29 is 10.2 Å². The van der Waals surface area contributed by atoms with Crippen LogP contribution in [0.2, 0.25) is 0 Å². The molecule has 0 aromatic carbocycles. The van der Waals surface area contributed by atoms with Gasteiger partial charge >= 0.3 is 0 Å². The first-order valence-corrected chi connectivity index (χ1v) is 6.21. The Morgan fingerprint density at radius 1 is 1.20 bits per heavy atom. The molecular weight excluding hydrogens is 190 g/mol. The zero-order valence-corrected chi connectivity index (χ0v) is 9.65. The summed E-state index contributed by atoms with van der Waals surface area (Å²) in [7, 11) is 2.04. The topological polar surface area (TPSA) is 43.7 Å². The third-order valence-electron chi connectivity index (χ3n) is 4.09. The van der Waals surface area contributed by atoms with Gasteiger partial charge in [0.15, 0.2) is 0 Å². The van der Waals surface area contributed by atoms with Gasteiger partial charge in [0.25, 0.3) is 0 Å². The van der Waals surface area contributed by atoms with Gasteiger partial charge in [-0.2, -0.15) is 0 Å². The zero-order valence-electron chi connectivity index (χ0n) is 9.65. The summed E-state index contributed by atoms with van der Waals surface area (Å²) in [4.78, 5) is 2.17. The molecule has 2 rings (SSSR count). The van der Waals surface area contributed by atoms with Gasteiger partial charge in [-0.3, -0.25) is 4.90 Å². The Hall–Kier alpha value is -0.120. The van der Waals surface area contributed by atoms with Gasteiger partial charge in [-0.15, -0.1) is 0 Å². The standard InChI is InChI=1S/C12H23NO2/c1-13(10-5-4-6-11(10)14)9-12(15)7-2-3-8-12/h10-11,14-15H,2-9H2,1H3/t10-,11-/m0/s1. The van der Waals surface area contributed by atoms with Crippen molar-refractivity contribution in [3.63, 3.8) is 0 Å². The number of aliphatic hydroxyl groups is 2. The summed E-state index contributed by atoms with van der Waals surface area (Å²) in [6.07, 6.45) is 7.10. The Labute approximate surface area is 92.1 Å². The summed E-state index contributed by atoms with van der Waals surface area (Å²) < 4.78 is 0. The van der Waals surface area contributed by atoms with Crippen molar-refractivity contribution in [2.45, 2.75) is 62.7 Å². The van der Waals surface area contributed by atoms with Crippen LogP contribution in [0.25, 0.3) is 0 Å². The normalized spacial score (nSPS) is 35.2. The van der Waals surface area contributed by atoms with E-state index < -0.39 is 5.60 Å². The summed E-state index contributed by atoms with van der Waals surface area (Å²) in [5.74, 6) is 0. The molecule has 2 fully saturated rings. The highest BCUT2D eigenvalue weighted by molar-refractivity contribution is 4.91. The molecule has 0 amide bonds. The molecule has 0 heterocycles. The van der Waals surface area contributed by atoms with E-state index in [0.29, 0.717) is 0 Å². The van der Waals surface area contributed by atoms with Crippen LogP contribution in [0.1, 0.15) is 44.9 Å². The third-order valence-corrected chi connectivity index (χ3v) is 4.09. The SMILES string of the molecule is CN(CC1(O)CCCC1)[C@H]1CCC[C@@H]1O. The molecule has 3 heteroatoms. The third kappa shape index (κ3) is 2.52. The van der Waals surface area contributed by atoms with Gasteiger partial charge < -0.3 is 10.2 Å². The van der Waals surface area contributed by atoms with Crippen molar-refractivity contribution in [3.8, 4) is 0 Å². The fourth-order valence-corrected chi connectivity index (χ4v) is 3.21. The summed E-state index contributed by atoms with van der Waals surface area (Å²) in [5, 5.41) is 20.1. The fraction of sp³-hybridized carbons (Fsp3) is 1.00. The van der Waals surface area contributed by atoms with Gasteiger partial charge in [0, 0.05) is 12.6 Å². The second-order valence-corrected chi connectivity index (χ2v) is 5.41. The number of nitrogens with zero attached hydrogens (tertiary/aromatic N) is 1. The Balaban J connectivity index is 1.88. The number of hydrogen-bond donors (Lipinski definition) is 2. The Bertz CT molecular complexity index is 214. The van der Waals surface area contributed by atoms with Gasteiger partial charge in [0.05, 0.1) is 11.7 Å². The van der Waals surface area contributed by atoms with Crippen molar-refractivity contribution in [1.82, 2.24) is 4.90 Å². The lowest BCUT2D eigenvalue weighted by Gasteiger charge is -2.33. The molecule has 0 radical (unpaired) electrons. The van der Waals surface area contributed by atoms with Gasteiger partial charge in [0.1, 0.15) is 0 Å². The molecule has 2 atom stereocenters. The summed E-state index contributed by atoms with van der Waals surface area (Å²) in [5.41, 5.74) is -0.475. The molecule has 2 N–H and O–H groups in total. The second kappa shape index (κ2) is 4.40. The quantitative estimate of drug-likeness (QED) is 0.739. The molecule has 0 unspecified atom stereocenters. The van der Waals surface area contributed by atoms with Crippen molar-refractivity contribution >= 4 is 0 Å². The van der Waals surface area contributed by atoms with Gasteiger partial charge in [-0.25, -0.2) is 0 Å². The highest BCUT2D eigenvalue weighted by Crippen LogP contribution is 2.32. The molecule has 0 aromatic heterocycles. The maximum atomic E-state index is 10.3. The van der Waals surface area contributed by atoms with Crippen LogP contribution in [-0.2, 0) is 0 Å². The van der Waals surface area contributed by atoms with Crippen LogP contribution < -0.4 is 0 Å². The number of hydrogen-bond acceptors (Lipinski definition) is 3. The van der Waals surface area contributed by atoms with E-state index in [1.54, 1.807) is 0 Å². The second-order valence-electron chi connectivity index (χ2n) is 5.41. The Kier molecular flexibility index (Phi) is 3.33. The lowest BCUT2D eigenvalue weighted by molar-refractivity contribution is -0.0112. The first-order valence-electron chi connectivity index (χ1n) is 6.21. The van der Waals surface area contributed by atoms with Crippen LogP contribution >= 0.6 is 0 Å². The number of rotatable bonds is 3. The van der Waals surface area contributed by atoms with Gasteiger partial charge in [0.2, 0.25) is 0 Å². The smallest absolute Gasteiger partial charge is 0.0774 e. The maximum absolute atomic E-state index is 10.3. The Morgan fingerprint density at radius 2 is 1.87 bits per heavy atom. The lowest BCUT2D eigenvalue weighted by Crippen LogP contribution is -2.46. The minimum Gasteiger partial charge on any atom is -0.391 e. The van der Waals surface area contributed by atoms with Crippen LogP contribution in [0.5, 0.6) is 0 Å². The minimum atomic E-state index is -0.475. The summed E-state index contributed by atoms with van der Waals surface area (Å²) in [6.45, 7) is 0.731. The van der Waals surface area contributed by atoms with Crippen molar-refractivity contribution in [3.05, 3.63) is 0 Å². The van der Waals surface area contributed by atoms with Gasteiger partial charge in [-0.1, -0.05) is 12.8 Å². The maximum Gasteiger partial charge on any atom is 0.0774 e. The molecule has 0 saturated heterocycles. The van der Waals surface area contributed by atoms with E-state index in [1.165, 1.54) is 0 Å². The van der Waals surface area contributed by atoms with Crippen LogP contribution in [0.15, 0.2) is 0 Å². The Morgan fingerprint density at radius 3 is 2.40 bits per heavy atom. The van der Waals surface area contributed by atoms with E-state index in [4.69, 9.17) is 0 Å². The van der Waals surface area contributed by atoms with Crippen LogP contribution in [0, 0.1) is 0 Å². The van der Waals surface area contributed by atoms with Crippen LogP contribution in [0.3, 0.4) is 0 Å². The minimum absolute atomic E-state index is 0.181. The summed E-state index contributed by atoms with van der Waals surface area (Å²) in [6, 6.07) is 0.273. The van der Waals surface area contributed by atoms with Crippen LogP contribution in [0.4, 0.5) is 0 Å². The van der Waals surface area contributed by atoms with E-state index in [1.807, 2.05) is 7.05 Å². The largest absolute Gasteiger partial charge is 0.391 e. The van der Waals surface area contributed by atoms with Crippen LogP contribution in [-0.4, -0.2) is 46.5 Å². The van der Waals surface area contributed by atoms with Crippen molar-refractivity contribution in [1.29, 1.82) is 0 Å². The molecule has 0 spiro atoms. The molecule has 0 bridgehead atoms. The van der Waals surface area contributed by atoms with Gasteiger partial charge in [-0.05, 0) is 39.2 Å². The molecule has 15 heavy (non-hydrogen) atoms. The molecule has 3 nitrogen and oxygen atoms in total. The summed E-state index contributed by atoms with van der Waals surface area (Å²) >= 11 is 0. The molecule has 0 aliphatic heterocycles. The van der Waals surface area contributed by atoms with E-state index in [0.717, 1.165) is 51.5 Å². The molecule has 0 aromatic rings. The average Bonchev–Trinajstić information content (AvgIpc) is 2.74. The first-order chi connectivity index (χ1) is 7.11. The predicted octanol–water partition coefficient (Wildman–Crippen LogP) is 1.14. The van der Waals surface area contributed by atoms with Crippen molar-refractivity contribution in [2.75, 3.05) is 13.6 Å². The monoisotopic (exact) mass is 213 g/mol. The molecule has 2 aliphatic carbocycles. The highest BCUT2D eigenvalue weighted by atomic mass is 16.3. The number of aliphatic hydroxyl groups excluding tert-OH is 1.